The van der Waals surface area contributed by atoms with E-state index in [1.54, 1.807) is 12.1 Å². The number of esters is 1. The third-order valence-electron chi connectivity index (χ3n) is 2.69. The molecule has 1 aliphatic rings. The quantitative estimate of drug-likeness (QED) is 0.800. The highest BCUT2D eigenvalue weighted by atomic mass is 79.9. The first kappa shape index (κ1) is 11.5. The van der Waals surface area contributed by atoms with Crippen LogP contribution in [0.1, 0.15) is 29.6 Å². The molecule has 0 radical (unpaired) electrons. The van der Waals surface area contributed by atoms with Crippen LogP contribution in [0.4, 0.5) is 0 Å². The van der Waals surface area contributed by atoms with Crippen molar-refractivity contribution >= 4 is 21.9 Å². The molecule has 0 N–H and O–H groups in total. The largest absolute Gasteiger partial charge is 0.489 e. The Morgan fingerprint density at radius 3 is 2.75 bits per heavy atom. The molecule has 0 aliphatic heterocycles. The Morgan fingerprint density at radius 1 is 1.44 bits per heavy atom. The molecule has 0 unspecified atom stereocenters. The van der Waals surface area contributed by atoms with Gasteiger partial charge in [0.1, 0.15) is 11.3 Å². The molecule has 0 aromatic heterocycles. The lowest BCUT2D eigenvalue weighted by atomic mass is 9.96. The highest BCUT2D eigenvalue weighted by Gasteiger charge is 2.22. The lowest BCUT2D eigenvalue weighted by Gasteiger charge is -2.27. The number of methoxy groups -OCH3 is 1. The van der Waals surface area contributed by atoms with Gasteiger partial charge in [-0.3, -0.25) is 0 Å². The molecular formula is C12H13BrO3. The Kier molecular flexibility index (Phi) is 3.49. The monoisotopic (exact) mass is 284 g/mol. The third kappa shape index (κ3) is 2.38. The van der Waals surface area contributed by atoms with Gasteiger partial charge >= 0.3 is 5.97 Å². The molecular weight excluding hydrogens is 272 g/mol. The van der Waals surface area contributed by atoms with Crippen LogP contribution in [0.5, 0.6) is 5.75 Å². The Hall–Kier alpha value is -1.03. The second-order valence-electron chi connectivity index (χ2n) is 3.80. The van der Waals surface area contributed by atoms with Gasteiger partial charge in [-0.25, -0.2) is 4.79 Å². The van der Waals surface area contributed by atoms with E-state index < -0.39 is 0 Å². The van der Waals surface area contributed by atoms with E-state index in [4.69, 9.17) is 9.47 Å². The van der Waals surface area contributed by atoms with Crippen LogP contribution in [-0.4, -0.2) is 19.2 Å². The second kappa shape index (κ2) is 4.87. The summed E-state index contributed by atoms with van der Waals surface area (Å²) in [6.45, 7) is 0. The van der Waals surface area contributed by atoms with Crippen molar-refractivity contribution in [3.05, 3.63) is 28.2 Å². The van der Waals surface area contributed by atoms with Crippen molar-refractivity contribution in [1.29, 1.82) is 0 Å². The van der Waals surface area contributed by atoms with Gasteiger partial charge in [-0.15, -0.1) is 0 Å². The standard InChI is InChI=1S/C12H13BrO3/c1-15-12(14)10-6-5-8(13)7-11(10)16-9-3-2-4-9/h5-7,9H,2-4H2,1H3. The number of hydrogen-bond acceptors (Lipinski definition) is 3. The summed E-state index contributed by atoms with van der Waals surface area (Å²) < 4.78 is 11.4. The van der Waals surface area contributed by atoms with Crippen LogP contribution < -0.4 is 4.74 Å². The van der Waals surface area contributed by atoms with Crippen molar-refractivity contribution in [2.75, 3.05) is 7.11 Å². The van der Waals surface area contributed by atoms with Gasteiger partial charge in [-0.05, 0) is 37.5 Å². The average molecular weight is 285 g/mol. The summed E-state index contributed by atoms with van der Waals surface area (Å²) in [5.41, 5.74) is 0.484. The van der Waals surface area contributed by atoms with Gasteiger partial charge in [-0.2, -0.15) is 0 Å². The fraction of sp³-hybridized carbons (Fsp3) is 0.417. The molecule has 0 saturated heterocycles. The average Bonchev–Trinajstić information content (AvgIpc) is 2.22. The van der Waals surface area contributed by atoms with Crippen molar-refractivity contribution in [2.24, 2.45) is 0 Å². The number of carbonyl (C=O) groups is 1. The molecule has 1 aromatic rings. The van der Waals surface area contributed by atoms with Crippen LogP contribution in [0.2, 0.25) is 0 Å². The van der Waals surface area contributed by atoms with Crippen LogP contribution in [0.25, 0.3) is 0 Å². The molecule has 0 bridgehead atoms. The number of benzene rings is 1. The maximum absolute atomic E-state index is 11.5. The fourth-order valence-electron chi connectivity index (χ4n) is 1.54. The molecule has 16 heavy (non-hydrogen) atoms. The summed E-state index contributed by atoms with van der Waals surface area (Å²) in [5.74, 6) is 0.243. The van der Waals surface area contributed by atoms with E-state index in [2.05, 4.69) is 15.9 Å². The summed E-state index contributed by atoms with van der Waals surface area (Å²) in [6.07, 6.45) is 3.57. The Balaban J connectivity index is 2.24. The number of rotatable bonds is 3. The minimum atomic E-state index is -0.359. The van der Waals surface area contributed by atoms with E-state index in [1.807, 2.05) is 6.07 Å². The zero-order valence-corrected chi connectivity index (χ0v) is 10.6. The van der Waals surface area contributed by atoms with Gasteiger partial charge in [0, 0.05) is 4.47 Å². The van der Waals surface area contributed by atoms with E-state index >= 15 is 0 Å². The molecule has 0 heterocycles. The SMILES string of the molecule is COC(=O)c1ccc(Br)cc1OC1CCC1. The number of carbonyl (C=O) groups excluding carboxylic acids is 1. The lowest BCUT2D eigenvalue weighted by Crippen LogP contribution is -2.25. The predicted octanol–water partition coefficient (Wildman–Crippen LogP) is 3.17. The normalized spacial score (nSPS) is 15.4. The van der Waals surface area contributed by atoms with Gasteiger partial charge in [0.25, 0.3) is 0 Å². The van der Waals surface area contributed by atoms with Crippen molar-refractivity contribution < 1.29 is 14.3 Å². The van der Waals surface area contributed by atoms with E-state index in [1.165, 1.54) is 13.5 Å². The molecule has 1 aromatic carbocycles. The van der Waals surface area contributed by atoms with E-state index in [0.29, 0.717) is 11.3 Å². The molecule has 4 heteroatoms. The van der Waals surface area contributed by atoms with Crippen molar-refractivity contribution in [1.82, 2.24) is 0 Å². The van der Waals surface area contributed by atoms with Gasteiger partial charge in [0.05, 0.1) is 13.2 Å². The van der Waals surface area contributed by atoms with E-state index in [0.717, 1.165) is 17.3 Å². The van der Waals surface area contributed by atoms with Crippen molar-refractivity contribution in [3.8, 4) is 5.75 Å². The molecule has 0 spiro atoms. The predicted molar refractivity (Wildman–Crippen MR) is 63.7 cm³/mol. The summed E-state index contributed by atoms with van der Waals surface area (Å²) in [6, 6.07) is 5.33. The molecule has 1 saturated carbocycles. The first-order chi connectivity index (χ1) is 7.70. The first-order valence-electron chi connectivity index (χ1n) is 5.25. The molecule has 86 valence electrons. The molecule has 3 nitrogen and oxygen atoms in total. The van der Waals surface area contributed by atoms with Gasteiger partial charge in [0.15, 0.2) is 0 Å². The number of hydrogen-bond donors (Lipinski definition) is 0. The van der Waals surface area contributed by atoms with E-state index in [-0.39, 0.29) is 12.1 Å². The zero-order chi connectivity index (χ0) is 11.5. The van der Waals surface area contributed by atoms with Gasteiger partial charge < -0.3 is 9.47 Å². The topological polar surface area (TPSA) is 35.5 Å². The summed E-state index contributed by atoms with van der Waals surface area (Å²) in [5, 5.41) is 0. The fourth-order valence-corrected chi connectivity index (χ4v) is 1.88. The molecule has 0 atom stereocenters. The minimum Gasteiger partial charge on any atom is -0.489 e. The molecule has 1 fully saturated rings. The van der Waals surface area contributed by atoms with E-state index in [9.17, 15) is 4.79 Å². The first-order valence-corrected chi connectivity index (χ1v) is 6.04. The number of halogens is 1. The summed E-state index contributed by atoms with van der Waals surface area (Å²) in [4.78, 5) is 11.5. The van der Waals surface area contributed by atoms with Crippen molar-refractivity contribution in [2.45, 2.75) is 25.4 Å². The van der Waals surface area contributed by atoms with Crippen molar-refractivity contribution in [3.63, 3.8) is 0 Å². The maximum atomic E-state index is 11.5. The smallest absolute Gasteiger partial charge is 0.341 e. The minimum absolute atomic E-state index is 0.248. The summed E-state index contributed by atoms with van der Waals surface area (Å²) >= 11 is 3.37. The Bertz CT molecular complexity index is 399. The number of ether oxygens (including phenoxy) is 2. The third-order valence-corrected chi connectivity index (χ3v) is 3.19. The Morgan fingerprint density at radius 2 is 2.19 bits per heavy atom. The molecule has 2 rings (SSSR count). The van der Waals surface area contributed by atoms with Crippen LogP contribution in [0.3, 0.4) is 0 Å². The molecule has 0 amide bonds. The van der Waals surface area contributed by atoms with Crippen LogP contribution in [0, 0.1) is 0 Å². The van der Waals surface area contributed by atoms with Crippen LogP contribution in [0.15, 0.2) is 22.7 Å². The lowest BCUT2D eigenvalue weighted by molar-refractivity contribution is 0.0585. The maximum Gasteiger partial charge on any atom is 0.341 e. The van der Waals surface area contributed by atoms with Crippen LogP contribution >= 0.6 is 15.9 Å². The highest BCUT2D eigenvalue weighted by molar-refractivity contribution is 9.10. The second-order valence-corrected chi connectivity index (χ2v) is 4.72. The Labute approximate surface area is 103 Å². The molecule has 1 aliphatic carbocycles. The van der Waals surface area contributed by atoms with Crippen LogP contribution in [-0.2, 0) is 4.74 Å². The van der Waals surface area contributed by atoms with Gasteiger partial charge in [-0.1, -0.05) is 15.9 Å². The summed E-state index contributed by atoms with van der Waals surface area (Å²) in [7, 11) is 1.37. The highest BCUT2D eigenvalue weighted by Crippen LogP contribution is 2.30. The van der Waals surface area contributed by atoms with Gasteiger partial charge in [0.2, 0.25) is 0 Å². The zero-order valence-electron chi connectivity index (χ0n) is 9.03.